The number of aromatic nitrogens is 2. The van der Waals surface area contributed by atoms with E-state index in [0.717, 1.165) is 49.2 Å². The number of hydrogen-bond acceptors (Lipinski definition) is 6. The van der Waals surface area contributed by atoms with Gasteiger partial charge in [0, 0.05) is 30.0 Å². The monoisotopic (exact) mass is 450 g/mol. The minimum Gasteiger partial charge on any atom is -0.375 e. The zero-order valence-electron chi connectivity index (χ0n) is 17.4. The number of amides is 2. The van der Waals surface area contributed by atoms with Gasteiger partial charge in [-0.15, -0.1) is 11.3 Å². The minimum absolute atomic E-state index is 0.00721. The topological polar surface area (TPSA) is 84.4 Å². The zero-order valence-corrected chi connectivity index (χ0v) is 18.2. The van der Waals surface area contributed by atoms with E-state index in [2.05, 4.69) is 15.3 Å². The largest absolute Gasteiger partial charge is 0.375 e. The van der Waals surface area contributed by atoms with E-state index in [1.54, 1.807) is 12.3 Å². The highest BCUT2D eigenvalue weighted by Gasteiger charge is 2.65. The number of hydrogen-bond donors (Lipinski definition) is 1. The maximum atomic E-state index is 14.0. The standard InChI is InChI=1S/C21H24F2N4O3S/c1-13-24-15(12-31-13)19(29)26-21(8-7-20(21)5-3-4-6-20)27(18(28)11-30-2)14-9-16(22)25-17(23)10-14/h9-10,12H,3-8,11H2,1-2H3,(H,26,29). The summed E-state index contributed by atoms with van der Waals surface area (Å²) in [7, 11) is 1.37. The Hall–Kier alpha value is -2.46. The lowest BCUT2D eigenvalue weighted by Gasteiger charge is -2.62. The van der Waals surface area contributed by atoms with E-state index in [4.69, 9.17) is 4.74 Å². The molecule has 2 aromatic rings. The molecule has 0 saturated heterocycles. The van der Waals surface area contributed by atoms with Crippen molar-refractivity contribution < 1.29 is 23.1 Å². The highest BCUT2D eigenvalue weighted by atomic mass is 32.1. The van der Waals surface area contributed by atoms with Crippen LogP contribution in [0.25, 0.3) is 0 Å². The molecule has 10 heteroatoms. The summed E-state index contributed by atoms with van der Waals surface area (Å²) >= 11 is 1.35. The number of ether oxygens (including phenoxy) is 1. The van der Waals surface area contributed by atoms with E-state index in [-0.39, 0.29) is 23.4 Å². The summed E-state index contributed by atoms with van der Waals surface area (Å²) in [4.78, 5) is 35.1. The number of carbonyl (C=O) groups excluding carboxylic acids is 2. The molecule has 7 nitrogen and oxygen atoms in total. The number of thiazole rings is 1. The fraction of sp³-hybridized carbons (Fsp3) is 0.524. The van der Waals surface area contributed by atoms with E-state index in [1.165, 1.54) is 23.3 Å². The summed E-state index contributed by atoms with van der Waals surface area (Å²) in [6.07, 6.45) is 4.78. The molecule has 2 amide bonds. The molecular formula is C21H24F2N4O3S. The van der Waals surface area contributed by atoms with Crippen LogP contribution in [0.1, 0.15) is 54.0 Å². The van der Waals surface area contributed by atoms with E-state index < -0.39 is 29.4 Å². The Balaban J connectivity index is 1.82. The lowest BCUT2D eigenvalue weighted by molar-refractivity contribution is -0.128. The first kappa shape index (κ1) is 21.8. The van der Waals surface area contributed by atoms with Crippen molar-refractivity contribution in [2.24, 2.45) is 5.41 Å². The Bertz CT molecular complexity index is 988. The van der Waals surface area contributed by atoms with Crippen LogP contribution in [-0.4, -0.2) is 41.2 Å². The average molecular weight is 451 g/mol. The second kappa shape index (κ2) is 8.23. The van der Waals surface area contributed by atoms with Gasteiger partial charge in [0.25, 0.3) is 11.8 Å². The number of pyridine rings is 1. The summed E-state index contributed by atoms with van der Waals surface area (Å²) in [6.45, 7) is 1.50. The van der Waals surface area contributed by atoms with Crippen LogP contribution in [0.5, 0.6) is 0 Å². The van der Waals surface area contributed by atoms with Crippen LogP contribution < -0.4 is 10.2 Å². The summed E-state index contributed by atoms with van der Waals surface area (Å²) in [5, 5.41) is 5.46. The van der Waals surface area contributed by atoms with Crippen molar-refractivity contribution in [1.82, 2.24) is 15.3 Å². The molecule has 31 heavy (non-hydrogen) atoms. The molecule has 2 aliphatic rings. The van der Waals surface area contributed by atoms with Gasteiger partial charge in [-0.05, 0) is 32.6 Å². The van der Waals surface area contributed by atoms with Crippen LogP contribution in [0, 0.1) is 24.2 Å². The van der Waals surface area contributed by atoms with E-state index in [9.17, 15) is 18.4 Å². The number of nitrogens with zero attached hydrogens (tertiary/aromatic N) is 3. The third-order valence-corrected chi connectivity index (χ3v) is 7.25. The molecule has 2 fully saturated rings. The van der Waals surface area contributed by atoms with Crippen molar-refractivity contribution >= 4 is 28.8 Å². The number of anilines is 1. The molecule has 1 spiro atoms. The van der Waals surface area contributed by atoms with Gasteiger partial charge in [0.05, 0.1) is 10.7 Å². The molecule has 2 aliphatic carbocycles. The van der Waals surface area contributed by atoms with Gasteiger partial charge in [-0.3, -0.25) is 14.5 Å². The van der Waals surface area contributed by atoms with E-state index >= 15 is 0 Å². The maximum Gasteiger partial charge on any atom is 0.272 e. The van der Waals surface area contributed by atoms with E-state index in [1.807, 2.05) is 0 Å². The van der Waals surface area contributed by atoms with Crippen molar-refractivity contribution in [3.63, 3.8) is 0 Å². The van der Waals surface area contributed by atoms with Crippen LogP contribution in [0.3, 0.4) is 0 Å². The van der Waals surface area contributed by atoms with Crippen LogP contribution in [0.15, 0.2) is 17.5 Å². The number of nitrogens with one attached hydrogen (secondary N) is 1. The molecule has 1 atom stereocenters. The van der Waals surface area contributed by atoms with Crippen molar-refractivity contribution in [2.45, 2.75) is 51.1 Å². The Kier molecular flexibility index (Phi) is 5.78. The van der Waals surface area contributed by atoms with E-state index in [0.29, 0.717) is 6.42 Å². The predicted octanol–water partition coefficient (Wildman–Crippen LogP) is 3.58. The minimum atomic E-state index is -1.13. The van der Waals surface area contributed by atoms with Gasteiger partial charge in [-0.2, -0.15) is 13.8 Å². The number of carbonyl (C=O) groups is 2. The maximum absolute atomic E-state index is 14.0. The third kappa shape index (κ3) is 3.71. The van der Waals surface area contributed by atoms with Crippen molar-refractivity contribution in [3.8, 4) is 0 Å². The Morgan fingerprint density at radius 1 is 1.16 bits per heavy atom. The number of aryl methyl sites for hydroxylation is 1. The molecule has 2 saturated carbocycles. The lowest BCUT2D eigenvalue weighted by atomic mass is 9.57. The Labute approximate surface area is 182 Å². The highest BCUT2D eigenvalue weighted by Crippen LogP contribution is 2.61. The summed E-state index contributed by atoms with van der Waals surface area (Å²) in [6, 6.07) is 2.02. The second-order valence-corrected chi connectivity index (χ2v) is 9.25. The smallest absolute Gasteiger partial charge is 0.272 e. The Morgan fingerprint density at radius 3 is 2.35 bits per heavy atom. The molecule has 0 aromatic carbocycles. The number of methoxy groups -OCH3 is 1. The quantitative estimate of drug-likeness (QED) is 0.537. The van der Waals surface area contributed by atoms with Crippen molar-refractivity contribution in [3.05, 3.63) is 40.1 Å². The van der Waals surface area contributed by atoms with Crippen LogP contribution in [-0.2, 0) is 9.53 Å². The normalized spacial score (nSPS) is 21.7. The number of rotatable bonds is 6. The predicted molar refractivity (Wildman–Crippen MR) is 111 cm³/mol. The van der Waals surface area contributed by atoms with Gasteiger partial charge in [-0.25, -0.2) is 4.98 Å². The molecule has 166 valence electrons. The van der Waals surface area contributed by atoms with Gasteiger partial charge in [0.1, 0.15) is 18.0 Å². The third-order valence-electron chi connectivity index (χ3n) is 6.48. The molecule has 1 N–H and O–H groups in total. The fourth-order valence-corrected chi connectivity index (χ4v) is 5.69. The molecule has 0 bridgehead atoms. The van der Waals surface area contributed by atoms with Gasteiger partial charge < -0.3 is 10.1 Å². The van der Waals surface area contributed by atoms with Gasteiger partial charge in [-0.1, -0.05) is 12.8 Å². The average Bonchev–Trinajstić information content (AvgIpc) is 3.36. The first-order valence-corrected chi connectivity index (χ1v) is 11.1. The summed E-state index contributed by atoms with van der Waals surface area (Å²) < 4.78 is 33.1. The molecule has 0 radical (unpaired) electrons. The first-order valence-electron chi connectivity index (χ1n) is 10.2. The molecule has 4 rings (SSSR count). The molecule has 0 aliphatic heterocycles. The zero-order chi connectivity index (χ0) is 22.2. The summed E-state index contributed by atoms with van der Waals surface area (Å²) in [5.74, 6) is -2.99. The molecule has 2 aromatic heterocycles. The second-order valence-electron chi connectivity index (χ2n) is 8.19. The van der Waals surface area contributed by atoms with Crippen LogP contribution in [0.4, 0.5) is 14.5 Å². The fourth-order valence-electron chi connectivity index (χ4n) is 5.10. The SMILES string of the molecule is COCC(=O)N(c1cc(F)nc(F)c1)C1(NC(=O)c2csc(C)n2)CCC12CCCC2. The lowest BCUT2D eigenvalue weighted by Crippen LogP contribution is -2.76. The van der Waals surface area contributed by atoms with Crippen LogP contribution in [0.2, 0.25) is 0 Å². The van der Waals surface area contributed by atoms with Crippen molar-refractivity contribution in [1.29, 1.82) is 0 Å². The van der Waals surface area contributed by atoms with Crippen molar-refractivity contribution in [2.75, 3.05) is 18.6 Å². The number of halogens is 2. The van der Waals surface area contributed by atoms with Crippen LogP contribution >= 0.6 is 11.3 Å². The molecular weight excluding hydrogens is 426 g/mol. The molecule has 2 heterocycles. The molecule has 1 unspecified atom stereocenters. The Morgan fingerprint density at radius 2 is 1.84 bits per heavy atom. The highest BCUT2D eigenvalue weighted by molar-refractivity contribution is 7.09. The summed E-state index contributed by atoms with van der Waals surface area (Å²) in [5.41, 5.74) is -1.25. The van der Waals surface area contributed by atoms with Gasteiger partial charge in [0.15, 0.2) is 0 Å². The first-order chi connectivity index (χ1) is 14.8. The van der Waals surface area contributed by atoms with Gasteiger partial charge >= 0.3 is 0 Å². The van der Waals surface area contributed by atoms with Gasteiger partial charge in [0.2, 0.25) is 11.9 Å².